The molecule has 0 bridgehead atoms. The van der Waals surface area contributed by atoms with Crippen LogP contribution in [0.1, 0.15) is 17.3 Å². The van der Waals surface area contributed by atoms with E-state index in [4.69, 9.17) is 4.74 Å². The summed E-state index contributed by atoms with van der Waals surface area (Å²) in [5, 5.41) is 13.6. The Kier molecular flexibility index (Phi) is 5.78. The van der Waals surface area contributed by atoms with Crippen molar-refractivity contribution in [2.75, 3.05) is 20.0 Å². The molecule has 0 aliphatic carbocycles. The molecule has 1 N–H and O–H groups in total. The Bertz CT molecular complexity index is 479. The van der Waals surface area contributed by atoms with Gasteiger partial charge in [-0.15, -0.1) is 11.8 Å². The quantitative estimate of drug-likeness (QED) is 0.491. The number of nitrogens with one attached hydrogen (secondary N) is 1. The van der Waals surface area contributed by atoms with Crippen molar-refractivity contribution in [1.29, 1.82) is 0 Å². The Morgan fingerprint density at radius 1 is 1.58 bits per heavy atom. The number of benzene rings is 1. The fourth-order valence-electron chi connectivity index (χ4n) is 1.58. The molecule has 19 heavy (non-hydrogen) atoms. The number of nitro groups is 1. The molecule has 1 aromatic rings. The van der Waals surface area contributed by atoms with Crippen LogP contribution in [0.4, 0.5) is 5.69 Å². The molecule has 1 aromatic carbocycles. The minimum Gasteiger partial charge on any atom is -0.383 e. The van der Waals surface area contributed by atoms with Crippen molar-refractivity contribution in [3.8, 4) is 0 Å². The van der Waals surface area contributed by atoms with Crippen LogP contribution in [-0.2, 0) is 4.74 Å². The number of thioether (sulfide) groups is 1. The Balaban J connectivity index is 3.02. The van der Waals surface area contributed by atoms with E-state index >= 15 is 0 Å². The average molecular weight is 284 g/mol. The van der Waals surface area contributed by atoms with Gasteiger partial charge in [-0.25, -0.2) is 0 Å². The van der Waals surface area contributed by atoms with Crippen molar-refractivity contribution in [2.45, 2.75) is 17.9 Å². The first-order chi connectivity index (χ1) is 8.99. The molecule has 6 nitrogen and oxygen atoms in total. The van der Waals surface area contributed by atoms with E-state index in [1.54, 1.807) is 13.0 Å². The van der Waals surface area contributed by atoms with Gasteiger partial charge in [0.15, 0.2) is 0 Å². The minimum atomic E-state index is -0.556. The van der Waals surface area contributed by atoms with Crippen molar-refractivity contribution in [1.82, 2.24) is 5.32 Å². The maximum Gasteiger partial charge on any atom is 0.282 e. The molecule has 0 aliphatic heterocycles. The van der Waals surface area contributed by atoms with E-state index in [0.29, 0.717) is 6.61 Å². The molecule has 0 radical (unpaired) electrons. The molecule has 1 amide bonds. The van der Waals surface area contributed by atoms with Gasteiger partial charge in [-0.1, -0.05) is 0 Å². The van der Waals surface area contributed by atoms with Gasteiger partial charge in [-0.05, 0) is 25.3 Å². The topological polar surface area (TPSA) is 81.5 Å². The number of nitro benzene ring substituents is 1. The van der Waals surface area contributed by atoms with Gasteiger partial charge < -0.3 is 10.1 Å². The van der Waals surface area contributed by atoms with E-state index in [1.165, 1.54) is 31.0 Å². The number of methoxy groups -OCH3 is 1. The zero-order valence-electron chi connectivity index (χ0n) is 11.0. The average Bonchev–Trinajstić information content (AvgIpc) is 2.37. The smallest absolute Gasteiger partial charge is 0.282 e. The zero-order chi connectivity index (χ0) is 14.4. The lowest BCUT2D eigenvalue weighted by atomic mass is 10.1. The SMILES string of the molecule is COCC(C)NC(=O)c1cc(SC)ccc1[N+](=O)[O-]. The largest absolute Gasteiger partial charge is 0.383 e. The highest BCUT2D eigenvalue weighted by Gasteiger charge is 2.21. The Morgan fingerprint density at radius 3 is 2.79 bits per heavy atom. The Hall–Kier alpha value is -1.60. The van der Waals surface area contributed by atoms with Gasteiger partial charge in [0, 0.05) is 24.1 Å². The summed E-state index contributed by atoms with van der Waals surface area (Å²) in [5.74, 6) is -0.466. The van der Waals surface area contributed by atoms with Crippen LogP contribution in [0.2, 0.25) is 0 Å². The molecule has 1 atom stereocenters. The number of amides is 1. The van der Waals surface area contributed by atoms with Gasteiger partial charge in [-0.3, -0.25) is 14.9 Å². The highest BCUT2D eigenvalue weighted by Crippen LogP contribution is 2.24. The van der Waals surface area contributed by atoms with E-state index in [-0.39, 0.29) is 17.3 Å². The monoisotopic (exact) mass is 284 g/mol. The minimum absolute atomic E-state index is 0.0693. The molecule has 0 heterocycles. The van der Waals surface area contributed by atoms with Crippen LogP contribution in [-0.4, -0.2) is 36.8 Å². The molecule has 0 aliphatic rings. The lowest BCUT2D eigenvalue weighted by Crippen LogP contribution is -2.35. The van der Waals surface area contributed by atoms with E-state index in [2.05, 4.69) is 5.32 Å². The third-order valence-electron chi connectivity index (χ3n) is 2.44. The Labute approximate surface area is 115 Å². The van der Waals surface area contributed by atoms with Crippen molar-refractivity contribution < 1.29 is 14.5 Å². The molecule has 0 saturated heterocycles. The second kappa shape index (κ2) is 7.10. The summed E-state index contributed by atoms with van der Waals surface area (Å²) in [7, 11) is 1.53. The standard InChI is InChI=1S/C12H16N2O4S/c1-8(7-18-2)13-12(15)10-6-9(19-3)4-5-11(10)14(16)17/h4-6,8H,7H2,1-3H3,(H,13,15). The number of carbonyl (C=O) groups excluding carboxylic acids is 1. The highest BCUT2D eigenvalue weighted by atomic mass is 32.2. The first-order valence-electron chi connectivity index (χ1n) is 5.61. The van der Waals surface area contributed by atoms with Crippen LogP contribution < -0.4 is 5.32 Å². The normalized spacial score (nSPS) is 11.9. The summed E-state index contributed by atoms with van der Waals surface area (Å²) < 4.78 is 4.91. The number of nitrogens with zero attached hydrogens (tertiary/aromatic N) is 1. The molecule has 1 rings (SSSR count). The van der Waals surface area contributed by atoms with Gasteiger partial charge in [-0.2, -0.15) is 0 Å². The van der Waals surface area contributed by atoms with E-state index in [1.807, 2.05) is 6.26 Å². The maximum absolute atomic E-state index is 12.0. The lowest BCUT2D eigenvalue weighted by molar-refractivity contribution is -0.385. The number of hydrogen-bond donors (Lipinski definition) is 1. The predicted octanol–water partition coefficient (Wildman–Crippen LogP) is 2.08. The van der Waals surface area contributed by atoms with Gasteiger partial charge in [0.1, 0.15) is 5.56 Å². The van der Waals surface area contributed by atoms with Crippen molar-refractivity contribution in [3.05, 3.63) is 33.9 Å². The van der Waals surface area contributed by atoms with Gasteiger partial charge in [0.05, 0.1) is 11.5 Å². The first-order valence-corrected chi connectivity index (χ1v) is 6.84. The highest BCUT2D eigenvalue weighted by molar-refractivity contribution is 7.98. The molecule has 7 heteroatoms. The van der Waals surface area contributed by atoms with Crippen molar-refractivity contribution in [2.24, 2.45) is 0 Å². The zero-order valence-corrected chi connectivity index (χ0v) is 11.8. The summed E-state index contributed by atoms with van der Waals surface area (Å²) >= 11 is 1.42. The fraction of sp³-hybridized carbons (Fsp3) is 0.417. The van der Waals surface area contributed by atoms with Crippen LogP contribution in [0, 0.1) is 10.1 Å². The molecule has 104 valence electrons. The van der Waals surface area contributed by atoms with Gasteiger partial charge in [0.2, 0.25) is 0 Å². The molecular weight excluding hydrogens is 268 g/mol. The van der Waals surface area contributed by atoms with Crippen LogP contribution in [0.25, 0.3) is 0 Å². The number of hydrogen-bond acceptors (Lipinski definition) is 5. The summed E-state index contributed by atoms with van der Waals surface area (Å²) in [6, 6.07) is 4.28. The molecule has 0 spiro atoms. The predicted molar refractivity (Wildman–Crippen MR) is 73.7 cm³/mol. The third-order valence-corrected chi connectivity index (χ3v) is 3.16. The van der Waals surface area contributed by atoms with Crippen LogP contribution in [0.15, 0.2) is 23.1 Å². The summed E-state index contributed by atoms with van der Waals surface area (Å²) in [5.41, 5.74) is -0.125. The molecule has 0 fully saturated rings. The van der Waals surface area contributed by atoms with Crippen molar-refractivity contribution in [3.63, 3.8) is 0 Å². The van der Waals surface area contributed by atoms with E-state index in [9.17, 15) is 14.9 Å². The number of carbonyl (C=O) groups is 1. The maximum atomic E-state index is 12.0. The fourth-order valence-corrected chi connectivity index (χ4v) is 2.02. The molecule has 1 unspecified atom stereocenters. The molecular formula is C12H16N2O4S. The summed E-state index contributed by atoms with van der Waals surface area (Å²) in [4.78, 5) is 23.2. The van der Waals surface area contributed by atoms with Gasteiger partial charge >= 0.3 is 0 Å². The van der Waals surface area contributed by atoms with Gasteiger partial charge in [0.25, 0.3) is 11.6 Å². The van der Waals surface area contributed by atoms with E-state index in [0.717, 1.165) is 4.90 Å². The third kappa shape index (κ3) is 4.22. The summed E-state index contributed by atoms with van der Waals surface area (Å²) in [6.45, 7) is 2.12. The van der Waals surface area contributed by atoms with Crippen LogP contribution in [0.3, 0.4) is 0 Å². The van der Waals surface area contributed by atoms with Crippen molar-refractivity contribution >= 4 is 23.4 Å². The first kappa shape index (κ1) is 15.5. The van der Waals surface area contributed by atoms with Crippen LogP contribution in [0.5, 0.6) is 0 Å². The molecule has 0 aromatic heterocycles. The molecule has 0 saturated carbocycles. The number of rotatable bonds is 6. The second-order valence-corrected chi connectivity index (χ2v) is 4.85. The lowest BCUT2D eigenvalue weighted by Gasteiger charge is -2.13. The summed E-state index contributed by atoms with van der Waals surface area (Å²) in [6.07, 6.45) is 1.84. The van der Waals surface area contributed by atoms with E-state index < -0.39 is 10.8 Å². The van der Waals surface area contributed by atoms with Crippen LogP contribution >= 0.6 is 11.8 Å². The second-order valence-electron chi connectivity index (χ2n) is 3.97. The Morgan fingerprint density at radius 2 is 2.26 bits per heavy atom. The number of ether oxygens (including phenoxy) is 1.